The molecular formula is C84H128NO8+. The van der Waals surface area contributed by atoms with Gasteiger partial charge in [-0.2, -0.15) is 0 Å². The molecule has 2 atom stereocenters. The Bertz CT molecular complexity index is 2380. The predicted molar refractivity (Wildman–Crippen MR) is 400 cm³/mol. The van der Waals surface area contributed by atoms with Crippen molar-refractivity contribution in [3.8, 4) is 0 Å². The van der Waals surface area contributed by atoms with Crippen LogP contribution in [-0.4, -0.2) is 87.4 Å². The molecule has 0 aliphatic carbocycles. The van der Waals surface area contributed by atoms with Crippen LogP contribution in [0.15, 0.2) is 231 Å². The first-order chi connectivity index (χ1) is 45.6. The van der Waals surface area contributed by atoms with Crippen molar-refractivity contribution in [2.75, 3.05) is 47.5 Å². The molecular weight excluding hydrogens is 1150 g/mol. The highest BCUT2D eigenvalue weighted by Crippen LogP contribution is 2.13. The van der Waals surface area contributed by atoms with Gasteiger partial charge in [0.25, 0.3) is 6.29 Å². The van der Waals surface area contributed by atoms with E-state index in [9.17, 15) is 19.5 Å². The maximum Gasteiger partial charge on any atom is 0.361 e. The first kappa shape index (κ1) is 86.4. The van der Waals surface area contributed by atoms with Gasteiger partial charge in [-0.05, 0) is 161 Å². The highest BCUT2D eigenvalue weighted by Gasteiger charge is 2.25. The van der Waals surface area contributed by atoms with Crippen LogP contribution in [0.5, 0.6) is 0 Å². The summed E-state index contributed by atoms with van der Waals surface area (Å²) in [6, 6.07) is 0. The van der Waals surface area contributed by atoms with Gasteiger partial charge in [-0.15, -0.1) is 0 Å². The molecule has 0 aromatic rings. The summed E-state index contributed by atoms with van der Waals surface area (Å²) in [5.74, 6) is -2.10. The molecule has 0 rings (SSSR count). The summed E-state index contributed by atoms with van der Waals surface area (Å²) in [4.78, 5) is 37.6. The fourth-order valence-corrected chi connectivity index (χ4v) is 8.56. The second-order valence-electron chi connectivity index (χ2n) is 23.7. The number of carboxylic acids is 1. The van der Waals surface area contributed by atoms with Crippen molar-refractivity contribution in [3.05, 3.63) is 231 Å². The van der Waals surface area contributed by atoms with Crippen molar-refractivity contribution < 1.29 is 42.9 Å². The SMILES string of the molecule is CC/C=C\C/C=C\C/C=C\C/C=C\C/C=C\C/C=C\C/C=C\C/C=C\C/C=C\C/C=C\CCCCCCC(=O)OC(COC(=O)CCCCCCC/C=C\C/C=C\C/C=C\C/C=C\C/C=C\C/C=C\C/C=C\C/C=C\C/C=C\CC)COC(OCC[N+](C)(C)C)C(=O)O. The van der Waals surface area contributed by atoms with Gasteiger partial charge >= 0.3 is 17.9 Å². The summed E-state index contributed by atoms with van der Waals surface area (Å²) >= 11 is 0. The number of rotatable bonds is 62. The average molecular weight is 1280 g/mol. The van der Waals surface area contributed by atoms with Crippen molar-refractivity contribution in [1.82, 2.24) is 0 Å². The van der Waals surface area contributed by atoms with Gasteiger partial charge in [0.05, 0.1) is 34.4 Å². The van der Waals surface area contributed by atoms with E-state index in [1.807, 2.05) is 21.1 Å². The van der Waals surface area contributed by atoms with Crippen molar-refractivity contribution in [2.45, 2.75) is 232 Å². The quantitative estimate of drug-likeness (QED) is 0.0211. The molecule has 0 aromatic heterocycles. The number of hydrogen-bond donors (Lipinski definition) is 1. The van der Waals surface area contributed by atoms with Crippen LogP contribution in [0.25, 0.3) is 0 Å². The summed E-state index contributed by atoms with van der Waals surface area (Å²) < 4.78 is 22.9. The standard InChI is InChI=1S/C84H127NO8/c1-6-8-10-12-14-16-18-20-22-24-26-28-30-32-34-36-38-40-41-43-45-47-49-51-53-55-57-59-61-63-65-67-69-71-73-75-82(87)93-80(79-92-84(83(88)89)90-77-76-85(3,4)5)78-91-81(86)74-72-70-68-66-64-62-60-58-56-54-52-50-48-46-44-42-39-37-35-33-31-29-27-25-23-21-19-17-15-13-11-9-7-2/h8-11,14-17,20-23,26-29,32-35,38-40,42-43,45-46,48-49,51-52,54-55,57-58,60-61,63,80,84H,6-7,12-13,18-19,24-25,30-31,36-37,41,44,47,50,53,56,59,62,64-79H2,1-5H3/p+1/b10-8-,11-9-,16-14-,17-15-,22-20-,23-21-,28-26-,29-27-,34-32-,35-33-,40-38-,42-39-,45-43-,48-46-,51-49-,54-52-,57-55-,60-58-,63-61-. The number of unbranched alkanes of at least 4 members (excludes halogenated alkanes) is 9. The Morgan fingerprint density at radius 3 is 0.860 bits per heavy atom. The van der Waals surface area contributed by atoms with Crippen LogP contribution in [0.4, 0.5) is 0 Å². The summed E-state index contributed by atoms with van der Waals surface area (Å²) in [6.07, 6.45) is 111. The normalized spacial score (nSPS) is 14.1. The predicted octanol–water partition coefficient (Wildman–Crippen LogP) is 22.7. The third-order valence-electron chi connectivity index (χ3n) is 13.9. The molecule has 0 saturated carbocycles. The van der Waals surface area contributed by atoms with Gasteiger partial charge in [-0.1, -0.05) is 277 Å². The van der Waals surface area contributed by atoms with Gasteiger partial charge in [0.1, 0.15) is 13.2 Å². The summed E-state index contributed by atoms with van der Waals surface area (Å²) in [7, 11) is 5.94. The number of quaternary nitrogens is 1. The number of carbonyl (C=O) groups is 3. The second kappa shape index (κ2) is 71.2. The number of hydrogen-bond acceptors (Lipinski definition) is 7. The van der Waals surface area contributed by atoms with Gasteiger partial charge in [0.2, 0.25) is 0 Å². The number of allylic oxidation sites excluding steroid dienone is 38. The molecule has 9 heteroatoms. The Kier molecular flexibility index (Phi) is 66.1. The van der Waals surface area contributed by atoms with Crippen LogP contribution in [0.2, 0.25) is 0 Å². The van der Waals surface area contributed by atoms with Crippen molar-refractivity contribution >= 4 is 17.9 Å². The van der Waals surface area contributed by atoms with Gasteiger partial charge in [-0.3, -0.25) is 9.59 Å². The van der Waals surface area contributed by atoms with Crippen molar-refractivity contribution in [1.29, 1.82) is 0 Å². The molecule has 93 heavy (non-hydrogen) atoms. The minimum absolute atomic E-state index is 0.165. The zero-order valence-corrected chi connectivity index (χ0v) is 58.8. The molecule has 0 aliphatic heterocycles. The van der Waals surface area contributed by atoms with Crippen molar-refractivity contribution in [2.24, 2.45) is 0 Å². The second-order valence-corrected chi connectivity index (χ2v) is 23.7. The minimum atomic E-state index is -1.54. The fourth-order valence-electron chi connectivity index (χ4n) is 8.56. The van der Waals surface area contributed by atoms with Crippen LogP contribution in [-0.2, 0) is 33.3 Å². The van der Waals surface area contributed by atoms with Crippen LogP contribution >= 0.6 is 0 Å². The zero-order chi connectivity index (χ0) is 67.5. The van der Waals surface area contributed by atoms with Gasteiger partial charge < -0.3 is 28.5 Å². The lowest BCUT2D eigenvalue weighted by atomic mass is 10.1. The molecule has 1 N–H and O–H groups in total. The Balaban J connectivity index is 4.33. The third-order valence-corrected chi connectivity index (χ3v) is 13.9. The number of likely N-dealkylation sites (N-methyl/N-ethyl adjacent to an activating group) is 1. The Morgan fingerprint density at radius 2 is 0.581 bits per heavy atom. The molecule has 0 amide bonds. The van der Waals surface area contributed by atoms with E-state index < -0.39 is 24.3 Å². The number of ether oxygens (including phenoxy) is 4. The molecule has 0 aromatic carbocycles. The summed E-state index contributed by atoms with van der Waals surface area (Å²) in [5.41, 5.74) is 0. The molecule has 516 valence electrons. The van der Waals surface area contributed by atoms with E-state index >= 15 is 0 Å². The molecule has 0 heterocycles. The molecule has 9 nitrogen and oxygen atoms in total. The first-order valence-corrected chi connectivity index (χ1v) is 35.5. The van der Waals surface area contributed by atoms with E-state index in [1.165, 1.54) is 0 Å². The van der Waals surface area contributed by atoms with Crippen LogP contribution in [0.1, 0.15) is 219 Å². The molecule has 0 radical (unpaired) electrons. The maximum atomic E-state index is 12.9. The number of carbonyl (C=O) groups excluding carboxylic acids is 2. The van der Waals surface area contributed by atoms with E-state index in [0.717, 1.165) is 180 Å². The highest BCUT2D eigenvalue weighted by atomic mass is 16.7. The lowest BCUT2D eigenvalue weighted by Gasteiger charge is -2.25. The fraction of sp³-hybridized carbons (Fsp3) is 0.512. The zero-order valence-electron chi connectivity index (χ0n) is 58.8. The van der Waals surface area contributed by atoms with E-state index in [-0.39, 0.29) is 38.6 Å². The largest absolute Gasteiger partial charge is 0.477 e. The summed E-state index contributed by atoms with van der Waals surface area (Å²) in [5, 5.41) is 9.75. The average Bonchev–Trinajstić information content (AvgIpc) is 3.74. The van der Waals surface area contributed by atoms with Crippen LogP contribution < -0.4 is 0 Å². The van der Waals surface area contributed by atoms with Crippen LogP contribution in [0, 0.1) is 0 Å². The maximum absolute atomic E-state index is 12.9. The lowest BCUT2D eigenvalue weighted by Crippen LogP contribution is -2.40. The van der Waals surface area contributed by atoms with Crippen molar-refractivity contribution in [3.63, 3.8) is 0 Å². The molecule has 0 fully saturated rings. The lowest BCUT2D eigenvalue weighted by molar-refractivity contribution is -0.870. The molecule has 0 bridgehead atoms. The van der Waals surface area contributed by atoms with Crippen LogP contribution in [0.3, 0.4) is 0 Å². The first-order valence-electron chi connectivity index (χ1n) is 35.5. The Hall–Kier alpha value is -6.65. The smallest absolute Gasteiger partial charge is 0.361 e. The van der Waals surface area contributed by atoms with E-state index in [0.29, 0.717) is 23.9 Å². The monoisotopic (exact) mass is 1280 g/mol. The Morgan fingerprint density at radius 1 is 0.323 bits per heavy atom. The van der Waals surface area contributed by atoms with Gasteiger partial charge in [0, 0.05) is 12.8 Å². The third kappa shape index (κ3) is 72.6. The molecule has 0 aliphatic rings. The number of carboxylic acid groups (broad SMARTS) is 1. The molecule has 0 saturated heterocycles. The molecule has 2 unspecified atom stereocenters. The summed E-state index contributed by atoms with van der Waals surface area (Å²) in [6.45, 7) is 4.55. The number of esters is 2. The van der Waals surface area contributed by atoms with Gasteiger partial charge in [-0.25, -0.2) is 4.79 Å². The highest BCUT2D eigenvalue weighted by molar-refractivity contribution is 5.71. The van der Waals surface area contributed by atoms with E-state index in [1.54, 1.807) is 0 Å². The topological polar surface area (TPSA) is 108 Å². The molecule has 0 spiro atoms. The Labute approximate surface area is 568 Å². The minimum Gasteiger partial charge on any atom is -0.477 e. The van der Waals surface area contributed by atoms with Gasteiger partial charge in [0.15, 0.2) is 6.10 Å². The number of aliphatic carboxylic acids is 1. The van der Waals surface area contributed by atoms with E-state index in [2.05, 4.69) is 245 Å². The van der Waals surface area contributed by atoms with E-state index in [4.69, 9.17) is 18.9 Å². The number of nitrogens with zero attached hydrogens (tertiary/aromatic N) is 1.